The molecule has 0 bridgehead atoms. The number of halogens is 1. The van der Waals surface area contributed by atoms with E-state index < -0.39 is 0 Å². The monoisotopic (exact) mass is 276 g/mol. The number of nitrogens with zero attached hydrogens (tertiary/aromatic N) is 1. The Balaban J connectivity index is 0.00000162. The number of carbonyl (C=O) groups excluding carboxylic acids is 1. The molecule has 1 heterocycles. The Bertz CT molecular complexity index is 305. The summed E-state index contributed by atoms with van der Waals surface area (Å²) in [5, 5.41) is 3.15. The lowest BCUT2D eigenvalue weighted by Crippen LogP contribution is -2.64. The second-order valence-corrected chi connectivity index (χ2v) is 5.82. The van der Waals surface area contributed by atoms with Crippen LogP contribution in [-0.2, 0) is 9.53 Å². The average Bonchev–Trinajstić information content (AvgIpc) is 2.20. The molecule has 4 nitrogen and oxygen atoms in total. The second-order valence-electron chi connectivity index (χ2n) is 5.82. The van der Waals surface area contributed by atoms with Crippen molar-refractivity contribution in [3.05, 3.63) is 0 Å². The zero-order valence-corrected chi connectivity index (χ0v) is 12.5. The average molecular weight is 277 g/mol. The van der Waals surface area contributed by atoms with Crippen LogP contribution in [0.15, 0.2) is 0 Å². The van der Waals surface area contributed by atoms with Crippen LogP contribution < -0.4 is 5.32 Å². The summed E-state index contributed by atoms with van der Waals surface area (Å²) in [6, 6.07) is 0.326. The SMILES string of the molecule is CCOC1CC(N(C)C(=O)C2CNC2)C1(C)C.Cl. The highest BCUT2D eigenvalue weighted by atomic mass is 35.5. The van der Waals surface area contributed by atoms with Crippen molar-refractivity contribution >= 4 is 18.3 Å². The summed E-state index contributed by atoms with van der Waals surface area (Å²) in [5.74, 6) is 0.485. The van der Waals surface area contributed by atoms with E-state index in [1.807, 2.05) is 18.9 Å². The molecule has 1 saturated heterocycles. The van der Waals surface area contributed by atoms with Crippen molar-refractivity contribution in [2.24, 2.45) is 11.3 Å². The van der Waals surface area contributed by atoms with E-state index in [1.54, 1.807) is 0 Å². The fourth-order valence-corrected chi connectivity index (χ4v) is 2.91. The standard InChI is InChI=1S/C13H24N2O2.ClH/c1-5-17-11-6-10(13(11,2)3)15(4)12(16)9-7-14-8-9;/h9-11,14H,5-8H2,1-4H3;1H. The maximum absolute atomic E-state index is 12.2. The van der Waals surface area contributed by atoms with Gasteiger partial charge in [0.05, 0.1) is 12.0 Å². The van der Waals surface area contributed by atoms with E-state index >= 15 is 0 Å². The Morgan fingerprint density at radius 1 is 1.44 bits per heavy atom. The van der Waals surface area contributed by atoms with Crippen LogP contribution in [0.4, 0.5) is 0 Å². The predicted molar refractivity (Wildman–Crippen MR) is 74.0 cm³/mol. The Morgan fingerprint density at radius 2 is 2.06 bits per heavy atom. The molecule has 1 saturated carbocycles. The molecule has 5 heteroatoms. The first kappa shape index (κ1) is 15.7. The summed E-state index contributed by atoms with van der Waals surface area (Å²) < 4.78 is 5.70. The quantitative estimate of drug-likeness (QED) is 0.841. The van der Waals surface area contributed by atoms with Crippen molar-refractivity contribution < 1.29 is 9.53 Å². The van der Waals surface area contributed by atoms with Crippen molar-refractivity contribution in [1.82, 2.24) is 10.2 Å². The summed E-state index contributed by atoms with van der Waals surface area (Å²) in [7, 11) is 1.94. The van der Waals surface area contributed by atoms with Crippen molar-refractivity contribution in [3.8, 4) is 0 Å². The number of hydrogen-bond acceptors (Lipinski definition) is 3. The van der Waals surface area contributed by atoms with Crippen LogP contribution in [0.2, 0.25) is 0 Å². The van der Waals surface area contributed by atoms with Gasteiger partial charge in [-0.1, -0.05) is 13.8 Å². The Kier molecular flexibility index (Phi) is 5.04. The van der Waals surface area contributed by atoms with E-state index in [4.69, 9.17) is 4.74 Å². The first-order valence-electron chi connectivity index (χ1n) is 6.57. The van der Waals surface area contributed by atoms with E-state index in [0.717, 1.165) is 26.1 Å². The third-order valence-electron chi connectivity index (χ3n) is 4.44. The molecule has 2 atom stereocenters. The van der Waals surface area contributed by atoms with Crippen molar-refractivity contribution in [3.63, 3.8) is 0 Å². The maximum Gasteiger partial charge on any atom is 0.228 e. The molecule has 0 aromatic heterocycles. The van der Waals surface area contributed by atoms with Gasteiger partial charge in [-0.25, -0.2) is 0 Å². The van der Waals surface area contributed by atoms with Gasteiger partial charge in [-0.05, 0) is 13.3 Å². The zero-order chi connectivity index (χ0) is 12.6. The van der Waals surface area contributed by atoms with Gasteiger partial charge in [0, 0.05) is 38.2 Å². The molecule has 1 amide bonds. The highest BCUT2D eigenvalue weighted by molar-refractivity contribution is 5.85. The van der Waals surface area contributed by atoms with Gasteiger partial charge in [0.15, 0.2) is 0 Å². The van der Waals surface area contributed by atoms with Crippen molar-refractivity contribution in [1.29, 1.82) is 0 Å². The normalized spacial score (nSPS) is 29.8. The summed E-state index contributed by atoms with van der Waals surface area (Å²) in [5.41, 5.74) is 0.0809. The molecule has 2 fully saturated rings. The molecule has 1 aliphatic heterocycles. The number of ether oxygens (including phenoxy) is 1. The van der Waals surface area contributed by atoms with Gasteiger partial charge < -0.3 is 15.0 Å². The summed E-state index contributed by atoms with van der Waals surface area (Å²) >= 11 is 0. The third kappa shape index (κ3) is 2.51. The van der Waals surface area contributed by atoms with Gasteiger partial charge in [-0.2, -0.15) is 0 Å². The summed E-state index contributed by atoms with van der Waals surface area (Å²) in [4.78, 5) is 14.1. The minimum Gasteiger partial charge on any atom is -0.378 e. The molecular weight excluding hydrogens is 252 g/mol. The lowest BCUT2D eigenvalue weighted by Gasteiger charge is -2.55. The van der Waals surface area contributed by atoms with E-state index in [-0.39, 0.29) is 29.6 Å². The van der Waals surface area contributed by atoms with Crippen LogP contribution in [0, 0.1) is 11.3 Å². The molecule has 0 aromatic rings. The first-order chi connectivity index (χ1) is 7.98. The highest BCUT2D eigenvalue weighted by Gasteiger charge is 2.52. The maximum atomic E-state index is 12.2. The smallest absolute Gasteiger partial charge is 0.228 e. The number of hydrogen-bond donors (Lipinski definition) is 1. The molecule has 106 valence electrons. The molecule has 2 unspecified atom stereocenters. The van der Waals surface area contributed by atoms with Crippen LogP contribution in [0.25, 0.3) is 0 Å². The first-order valence-corrected chi connectivity index (χ1v) is 6.57. The van der Waals surface area contributed by atoms with E-state index in [2.05, 4.69) is 19.2 Å². The van der Waals surface area contributed by atoms with Gasteiger partial charge in [0.2, 0.25) is 5.91 Å². The topological polar surface area (TPSA) is 41.6 Å². The van der Waals surface area contributed by atoms with Gasteiger partial charge in [0.25, 0.3) is 0 Å². The number of amides is 1. The Hall–Kier alpha value is -0.320. The third-order valence-corrected chi connectivity index (χ3v) is 4.44. The Labute approximate surface area is 116 Å². The van der Waals surface area contributed by atoms with Crippen LogP contribution >= 0.6 is 12.4 Å². The van der Waals surface area contributed by atoms with Gasteiger partial charge in [-0.3, -0.25) is 4.79 Å². The summed E-state index contributed by atoms with van der Waals surface area (Å²) in [6.07, 6.45) is 1.27. The van der Waals surface area contributed by atoms with E-state index in [0.29, 0.717) is 12.1 Å². The molecule has 1 aliphatic carbocycles. The van der Waals surface area contributed by atoms with Crippen molar-refractivity contribution in [2.45, 2.75) is 39.3 Å². The van der Waals surface area contributed by atoms with E-state index in [9.17, 15) is 4.79 Å². The van der Waals surface area contributed by atoms with E-state index in [1.165, 1.54) is 0 Å². The largest absolute Gasteiger partial charge is 0.378 e. The molecule has 2 rings (SSSR count). The molecule has 18 heavy (non-hydrogen) atoms. The van der Waals surface area contributed by atoms with Crippen LogP contribution in [-0.4, -0.2) is 49.7 Å². The fraction of sp³-hybridized carbons (Fsp3) is 0.923. The molecule has 2 aliphatic rings. The summed E-state index contributed by atoms with van der Waals surface area (Å²) in [6.45, 7) is 8.86. The predicted octanol–water partition coefficient (Wildman–Crippen LogP) is 1.29. The number of carbonyl (C=O) groups is 1. The fourth-order valence-electron chi connectivity index (χ4n) is 2.91. The molecule has 1 N–H and O–H groups in total. The van der Waals surface area contributed by atoms with Crippen LogP contribution in [0.3, 0.4) is 0 Å². The van der Waals surface area contributed by atoms with Crippen molar-refractivity contribution in [2.75, 3.05) is 26.7 Å². The second kappa shape index (κ2) is 5.76. The zero-order valence-electron chi connectivity index (χ0n) is 11.7. The minimum atomic E-state index is 0. The van der Waals surface area contributed by atoms with Gasteiger partial charge in [-0.15, -0.1) is 12.4 Å². The van der Waals surface area contributed by atoms with Crippen LogP contribution in [0.1, 0.15) is 27.2 Å². The van der Waals surface area contributed by atoms with Crippen LogP contribution in [0.5, 0.6) is 0 Å². The molecule has 0 aromatic carbocycles. The number of nitrogens with one attached hydrogen (secondary N) is 1. The lowest BCUT2D eigenvalue weighted by atomic mass is 9.63. The minimum absolute atomic E-state index is 0. The molecule has 0 spiro atoms. The number of rotatable bonds is 4. The van der Waals surface area contributed by atoms with Gasteiger partial charge >= 0.3 is 0 Å². The van der Waals surface area contributed by atoms with Gasteiger partial charge in [0.1, 0.15) is 0 Å². The Morgan fingerprint density at radius 3 is 2.44 bits per heavy atom. The molecule has 0 radical (unpaired) electrons. The lowest BCUT2D eigenvalue weighted by molar-refractivity contribution is -0.167. The molecular formula is C13H25ClN2O2. The highest BCUT2D eigenvalue weighted by Crippen LogP contribution is 2.45.